The molecular weight excluding hydrogens is 538 g/mol. The quantitative estimate of drug-likeness (QED) is 0.464. The Bertz CT molecular complexity index is 1330. The van der Waals surface area contributed by atoms with E-state index < -0.39 is 29.2 Å². The molecule has 0 aliphatic carbocycles. The molecule has 216 valence electrons. The number of rotatable bonds is 4. The van der Waals surface area contributed by atoms with Crippen LogP contribution in [0.1, 0.15) is 43.5 Å². The van der Waals surface area contributed by atoms with E-state index in [1.807, 2.05) is 0 Å². The summed E-state index contributed by atoms with van der Waals surface area (Å²) in [5, 5.41) is 5.80. The van der Waals surface area contributed by atoms with E-state index in [4.69, 9.17) is 15.7 Å². The minimum atomic E-state index is -4.62. The summed E-state index contributed by atoms with van der Waals surface area (Å²) >= 11 is 0. The van der Waals surface area contributed by atoms with Crippen LogP contribution >= 0.6 is 0 Å². The number of nitrogens with zero attached hydrogens (tertiary/aromatic N) is 5. The van der Waals surface area contributed by atoms with Crippen molar-refractivity contribution >= 4 is 17.6 Å². The third-order valence-corrected chi connectivity index (χ3v) is 7.46. The first kappa shape index (κ1) is 28.0. The van der Waals surface area contributed by atoms with E-state index in [0.717, 1.165) is 31.5 Å². The Morgan fingerprint density at radius 3 is 2.45 bits per heavy atom. The van der Waals surface area contributed by atoms with Crippen LogP contribution in [0.5, 0.6) is 0 Å². The fourth-order valence-corrected chi connectivity index (χ4v) is 5.45. The largest absolute Gasteiger partial charge is 0.419 e. The average Bonchev–Trinajstić information content (AvgIpc) is 3.16. The molecule has 40 heavy (non-hydrogen) atoms. The predicted octanol–water partition coefficient (Wildman–Crippen LogP) is 4.50. The number of nitrogens with one attached hydrogen (secondary N) is 2. The molecule has 2 aromatic rings. The van der Waals surface area contributed by atoms with Crippen molar-refractivity contribution in [1.82, 2.24) is 20.3 Å². The third kappa shape index (κ3) is 5.54. The summed E-state index contributed by atoms with van der Waals surface area (Å²) in [6.07, 6.45) is -3.15. The molecule has 2 unspecified atom stereocenters. The number of halogens is 6. The lowest BCUT2D eigenvalue weighted by atomic mass is 9.98. The van der Waals surface area contributed by atoms with E-state index in [1.165, 1.54) is 25.3 Å². The van der Waals surface area contributed by atoms with Gasteiger partial charge in [0.05, 0.1) is 16.8 Å². The summed E-state index contributed by atoms with van der Waals surface area (Å²) in [6.45, 7) is 4.49. The third-order valence-electron chi connectivity index (χ3n) is 7.46. The molecule has 5 rings (SSSR count). The molecule has 2 aromatic heterocycles. The number of fused-ring (bicyclic) bond motifs is 1. The van der Waals surface area contributed by atoms with E-state index in [0.29, 0.717) is 29.4 Å². The number of aromatic nitrogens is 3. The Hall–Kier alpha value is -3.55. The first-order valence-electron chi connectivity index (χ1n) is 13.0. The number of pyridine rings is 1. The highest BCUT2D eigenvalue weighted by Crippen LogP contribution is 2.37. The van der Waals surface area contributed by atoms with Crippen LogP contribution < -0.4 is 26.2 Å². The van der Waals surface area contributed by atoms with Crippen molar-refractivity contribution in [2.45, 2.75) is 63.6 Å². The normalized spacial score (nSPS) is 23.7. The number of anilines is 3. The molecule has 1 saturated heterocycles. The van der Waals surface area contributed by atoms with Gasteiger partial charge in [-0.15, -0.1) is 0 Å². The zero-order valence-corrected chi connectivity index (χ0v) is 22.0. The Kier molecular flexibility index (Phi) is 7.09. The van der Waals surface area contributed by atoms with Crippen molar-refractivity contribution in [3.05, 3.63) is 58.7 Å². The van der Waals surface area contributed by atoms with Crippen molar-refractivity contribution in [2.24, 2.45) is 5.73 Å². The summed E-state index contributed by atoms with van der Waals surface area (Å²) in [6, 6.07) is 2.45. The van der Waals surface area contributed by atoms with Crippen molar-refractivity contribution < 1.29 is 26.3 Å². The first-order chi connectivity index (χ1) is 18.7. The molecule has 0 saturated carbocycles. The van der Waals surface area contributed by atoms with Crippen LogP contribution in [0.25, 0.3) is 0 Å². The summed E-state index contributed by atoms with van der Waals surface area (Å²) in [4.78, 5) is 17.2. The zero-order valence-electron chi connectivity index (χ0n) is 22.0. The van der Waals surface area contributed by atoms with Gasteiger partial charge in [0.25, 0.3) is 0 Å². The van der Waals surface area contributed by atoms with Crippen LogP contribution in [-0.4, -0.2) is 52.5 Å². The summed E-state index contributed by atoms with van der Waals surface area (Å²) < 4.78 is 81.5. The van der Waals surface area contributed by atoms with Gasteiger partial charge in [-0.2, -0.15) is 31.3 Å². The highest BCUT2D eigenvalue weighted by molar-refractivity contribution is 5.58. The topological polar surface area (TPSA) is 95.2 Å². The monoisotopic (exact) mass is 568 g/mol. The fourth-order valence-electron chi connectivity index (χ4n) is 5.45. The van der Waals surface area contributed by atoms with Crippen molar-refractivity contribution in [2.75, 3.05) is 34.8 Å². The van der Waals surface area contributed by atoms with Gasteiger partial charge in [-0.25, -0.2) is 9.97 Å². The molecule has 3 aliphatic heterocycles. The van der Waals surface area contributed by atoms with E-state index in [2.05, 4.69) is 27.4 Å². The average molecular weight is 569 g/mol. The molecule has 0 bridgehead atoms. The van der Waals surface area contributed by atoms with E-state index in [-0.39, 0.29) is 37.2 Å². The lowest BCUT2D eigenvalue weighted by molar-refractivity contribution is -0.137. The minimum Gasteiger partial charge on any atom is -0.355 e. The molecule has 4 N–H and O–H groups in total. The number of hydrogen-bond acceptors (Lipinski definition) is 8. The highest BCUT2D eigenvalue weighted by Gasteiger charge is 2.45. The second kappa shape index (κ2) is 10.1. The van der Waals surface area contributed by atoms with Crippen LogP contribution in [0.15, 0.2) is 41.9 Å². The van der Waals surface area contributed by atoms with E-state index in [9.17, 15) is 26.3 Å². The Morgan fingerprint density at radius 1 is 1.05 bits per heavy atom. The zero-order chi connectivity index (χ0) is 28.9. The van der Waals surface area contributed by atoms with Crippen LogP contribution in [0.4, 0.5) is 43.9 Å². The van der Waals surface area contributed by atoms with Crippen molar-refractivity contribution in [3.8, 4) is 0 Å². The Balaban J connectivity index is 1.50. The van der Waals surface area contributed by atoms with Gasteiger partial charge in [-0.1, -0.05) is 0 Å². The van der Waals surface area contributed by atoms with E-state index >= 15 is 0 Å². The van der Waals surface area contributed by atoms with Crippen molar-refractivity contribution in [1.29, 1.82) is 0 Å². The van der Waals surface area contributed by atoms with Gasteiger partial charge in [0.2, 0.25) is 5.95 Å². The van der Waals surface area contributed by atoms with Crippen LogP contribution in [-0.2, 0) is 19.0 Å². The number of allylic oxidation sites excluding steroid dienone is 2. The van der Waals surface area contributed by atoms with Crippen LogP contribution in [0, 0.1) is 0 Å². The molecule has 0 amide bonds. The molecule has 2 atom stereocenters. The van der Waals surface area contributed by atoms with Crippen LogP contribution in [0.3, 0.4) is 0 Å². The molecule has 0 aromatic carbocycles. The number of dihydropyridines is 1. The predicted molar refractivity (Wildman–Crippen MR) is 139 cm³/mol. The van der Waals surface area contributed by atoms with Crippen molar-refractivity contribution in [3.63, 3.8) is 0 Å². The molecule has 14 heteroatoms. The summed E-state index contributed by atoms with van der Waals surface area (Å²) in [5.74, 6) is 0.895. The fraction of sp³-hybridized carbons (Fsp3) is 0.500. The molecule has 0 radical (unpaired) electrons. The second-order valence-corrected chi connectivity index (χ2v) is 10.5. The molecule has 5 heterocycles. The summed E-state index contributed by atoms with van der Waals surface area (Å²) in [5.41, 5.74) is 3.67. The molecule has 1 fully saturated rings. The summed E-state index contributed by atoms with van der Waals surface area (Å²) in [7, 11) is 0. The smallest absolute Gasteiger partial charge is 0.355 e. The second-order valence-electron chi connectivity index (χ2n) is 10.5. The standard InChI is InChI=1S/C26H30F6N8/c1-15-5-4-12-40(15)23-35-18-10-14-39(22-17(25(27,28)29)6-3-11-34-22)13-9-16(18)21(37-23)36-20-8-7-19(26(30,31)32)24(2,33)38-20/h3,6-8,11,15,38H,4-5,9-10,12-14,33H2,1-2H3,(H,35,36,37). The van der Waals surface area contributed by atoms with Gasteiger partial charge in [0.1, 0.15) is 23.1 Å². The highest BCUT2D eigenvalue weighted by atomic mass is 19.4. The Morgan fingerprint density at radius 2 is 1.80 bits per heavy atom. The van der Waals surface area contributed by atoms with Gasteiger partial charge in [0, 0.05) is 43.9 Å². The number of nitrogens with two attached hydrogens (primary N) is 1. The SMILES string of the molecule is CC1CCCN1c1nc2c(c(NC3=CC=C(C(F)(F)F)C(C)(N)N3)n1)CCN(c1ncccc1C(F)(F)F)CC2. The van der Waals surface area contributed by atoms with Gasteiger partial charge < -0.3 is 26.2 Å². The van der Waals surface area contributed by atoms with E-state index in [1.54, 1.807) is 4.90 Å². The maximum absolute atomic E-state index is 13.7. The minimum absolute atomic E-state index is 0.154. The van der Waals surface area contributed by atoms with Gasteiger partial charge >= 0.3 is 12.4 Å². The Labute approximate surface area is 227 Å². The van der Waals surface area contributed by atoms with Gasteiger partial charge in [-0.3, -0.25) is 0 Å². The van der Waals surface area contributed by atoms with Gasteiger partial charge in [0.15, 0.2) is 0 Å². The lowest BCUT2D eigenvalue weighted by Gasteiger charge is -2.35. The maximum Gasteiger partial charge on any atom is 0.419 e. The van der Waals surface area contributed by atoms with Gasteiger partial charge in [-0.05, 0) is 57.4 Å². The molecule has 0 spiro atoms. The first-order valence-corrected chi connectivity index (χ1v) is 13.0. The number of hydrogen-bond donors (Lipinski definition) is 3. The maximum atomic E-state index is 13.7. The molecular formula is C26H30F6N8. The lowest BCUT2D eigenvalue weighted by Crippen LogP contribution is -2.57. The van der Waals surface area contributed by atoms with Crippen LogP contribution in [0.2, 0.25) is 0 Å². The molecule has 3 aliphatic rings. The molecule has 8 nitrogen and oxygen atoms in total. The number of alkyl halides is 6.